The molecule has 0 saturated carbocycles. The van der Waals surface area contributed by atoms with Crippen molar-refractivity contribution in [1.82, 2.24) is 14.7 Å². The van der Waals surface area contributed by atoms with Crippen molar-refractivity contribution in [3.63, 3.8) is 0 Å². The Hall–Kier alpha value is -2.54. The number of benzene rings is 1. The molecule has 3 aliphatic rings. The number of carbonyl (C=O) groups is 1. The average Bonchev–Trinajstić information content (AvgIpc) is 3.49. The highest BCUT2D eigenvalue weighted by Gasteiger charge is 2.27. The summed E-state index contributed by atoms with van der Waals surface area (Å²) in [5, 5.41) is 4.55. The normalized spacial score (nSPS) is 22.5. The maximum Gasteiger partial charge on any atom is 0.222 e. The van der Waals surface area contributed by atoms with Crippen LogP contribution in [0, 0.1) is 5.92 Å². The van der Waals surface area contributed by atoms with Crippen LogP contribution in [0.4, 0.5) is 5.69 Å². The van der Waals surface area contributed by atoms with Gasteiger partial charge in [0.05, 0.1) is 19.0 Å². The second kappa shape index (κ2) is 9.53. The van der Waals surface area contributed by atoms with Crippen molar-refractivity contribution in [1.29, 1.82) is 0 Å². The molecule has 3 aliphatic heterocycles. The molecule has 0 radical (unpaired) electrons. The largest absolute Gasteiger partial charge is 0.495 e. The smallest absolute Gasteiger partial charge is 0.222 e. The maximum atomic E-state index is 11.9. The molecule has 3 fully saturated rings. The van der Waals surface area contributed by atoms with Gasteiger partial charge in [0.25, 0.3) is 0 Å². The quantitative estimate of drug-likeness (QED) is 0.680. The molecule has 1 atom stereocenters. The third-order valence-electron chi connectivity index (χ3n) is 7.17. The van der Waals surface area contributed by atoms with Crippen LogP contribution in [0.3, 0.4) is 0 Å². The summed E-state index contributed by atoms with van der Waals surface area (Å²) in [4.78, 5) is 16.4. The molecule has 172 valence electrons. The van der Waals surface area contributed by atoms with E-state index < -0.39 is 0 Å². The Kier molecular flexibility index (Phi) is 6.35. The number of aromatic nitrogens is 2. The second-order valence-electron chi connectivity index (χ2n) is 9.29. The Labute approximate surface area is 190 Å². The van der Waals surface area contributed by atoms with Gasteiger partial charge in [0, 0.05) is 51.0 Å². The third kappa shape index (κ3) is 4.49. The number of likely N-dealkylation sites (tertiary alicyclic amines) is 1. The highest BCUT2D eigenvalue weighted by atomic mass is 16.5. The average molecular weight is 439 g/mol. The van der Waals surface area contributed by atoms with Gasteiger partial charge < -0.3 is 19.3 Å². The standard InChI is InChI=1S/C25H34N4O3/c1-31-23-15-20(21-16-26-29(18-21)25-6-2-3-14-32-25)7-8-22(23)27-12-9-19(10-13-27)17-28-11-4-5-24(28)30/h7-8,15-16,18-19,25H,2-6,9-14,17H2,1H3. The molecule has 0 spiro atoms. The monoisotopic (exact) mass is 438 g/mol. The molecule has 1 aromatic carbocycles. The molecule has 32 heavy (non-hydrogen) atoms. The van der Waals surface area contributed by atoms with E-state index in [1.165, 1.54) is 6.42 Å². The van der Waals surface area contributed by atoms with E-state index in [0.717, 1.165) is 93.9 Å². The van der Waals surface area contributed by atoms with Gasteiger partial charge in [-0.2, -0.15) is 5.10 Å². The van der Waals surface area contributed by atoms with Crippen molar-refractivity contribution in [2.75, 3.05) is 44.8 Å². The minimum absolute atomic E-state index is 0.0517. The lowest BCUT2D eigenvalue weighted by Gasteiger charge is -2.35. The van der Waals surface area contributed by atoms with Gasteiger partial charge in [-0.1, -0.05) is 6.07 Å². The predicted octanol–water partition coefficient (Wildman–Crippen LogP) is 4.10. The zero-order chi connectivity index (χ0) is 21.9. The van der Waals surface area contributed by atoms with Crippen LogP contribution in [0.1, 0.15) is 51.2 Å². The van der Waals surface area contributed by atoms with E-state index >= 15 is 0 Å². The number of hydrogen-bond donors (Lipinski definition) is 0. The summed E-state index contributed by atoms with van der Waals surface area (Å²) in [5.41, 5.74) is 3.34. The van der Waals surface area contributed by atoms with Gasteiger partial charge >= 0.3 is 0 Å². The van der Waals surface area contributed by atoms with Crippen molar-refractivity contribution >= 4 is 11.6 Å². The molecule has 0 aliphatic carbocycles. The van der Waals surface area contributed by atoms with E-state index in [1.807, 2.05) is 10.9 Å². The lowest BCUT2D eigenvalue weighted by molar-refractivity contribution is -0.128. The van der Waals surface area contributed by atoms with Crippen LogP contribution in [0.25, 0.3) is 11.1 Å². The lowest BCUT2D eigenvalue weighted by atomic mass is 9.95. The third-order valence-corrected chi connectivity index (χ3v) is 7.17. The molecular formula is C25H34N4O3. The SMILES string of the molecule is COc1cc(-c2cnn(C3CCCCO3)c2)ccc1N1CCC(CN2CCCC2=O)CC1. The van der Waals surface area contributed by atoms with Crippen molar-refractivity contribution < 1.29 is 14.3 Å². The van der Waals surface area contributed by atoms with E-state index in [1.54, 1.807) is 7.11 Å². The van der Waals surface area contributed by atoms with Crippen molar-refractivity contribution in [3.05, 3.63) is 30.6 Å². The molecule has 7 heteroatoms. The van der Waals surface area contributed by atoms with E-state index in [4.69, 9.17) is 9.47 Å². The molecule has 0 N–H and O–H groups in total. The summed E-state index contributed by atoms with van der Waals surface area (Å²) in [7, 11) is 1.74. The van der Waals surface area contributed by atoms with E-state index in [2.05, 4.69) is 39.3 Å². The van der Waals surface area contributed by atoms with Crippen LogP contribution in [0.2, 0.25) is 0 Å². The number of ether oxygens (including phenoxy) is 2. The van der Waals surface area contributed by atoms with Crippen LogP contribution < -0.4 is 9.64 Å². The number of hydrogen-bond acceptors (Lipinski definition) is 5. The van der Waals surface area contributed by atoms with Crippen molar-refractivity contribution in [3.8, 4) is 16.9 Å². The predicted molar refractivity (Wildman–Crippen MR) is 124 cm³/mol. The first-order valence-electron chi connectivity index (χ1n) is 12.1. The highest BCUT2D eigenvalue weighted by Crippen LogP contribution is 2.36. The van der Waals surface area contributed by atoms with Crippen LogP contribution in [0.5, 0.6) is 5.75 Å². The van der Waals surface area contributed by atoms with Crippen LogP contribution in [0.15, 0.2) is 30.6 Å². The summed E-state index contributed by atoms with van der Waals surface area (Å²) >= 11 is 0. The van der Waals surface area contributed by atoms with Gasteiger partial charge in [-0.25, -0.2) is 4.68 Å². The Morgan fingerprint density at radius 2 is 1.97 bits per heavy atom. The van der Waals surface area contributed by atoms with Gasteiger partial charge in [0.1, 0.15) is 12.0 Å². The van der Waals surface area contributed by atoms with Crippen molar-refractivity contribution in [2.24, 2.45) is 5.92 Å². The van der Waals surface area contributed by atoms with Gasteiger partial charge in [0.15, 0.2) is 0 Å². The van der Waals surface area contributed by atoms with Crippen molar-refractivity contribution in [2.45, 2.75) is 51.2 Å². The summed E-state index contributed by atoms with van der Waals surface area (Å²) in [6, 6.07) is 6.45. The Morgan fingerprint density at radius 1 is 1.09 bits per heavy atom. The summed E-state index contributed by atoms with van der Waals surface area (Å²) in [6.07, 6.45) is 11.4. The number of amides is 1. The Bertz CT molecular complexity index is 929. The molecule has 1 unspecified atom stereocenters. The number of nitrogens with zero attached hydrogens (tertiary/aromatic N) is 4. The first-order chi connectivity index (χ1) is 15.7. The zero-order valence-electron chi connectivity index (χ0n) is 19.0. The molecule has 3 saturated heterocycles. The molecule has 7 nitrogen and oxygen atoms in total. The summed E-state index contributed by atoms with van der Waals surface area (Å²) in [6.45, 7) is 4.68. The zero-order valence-corrected chi connectivity index (χ0v) is 19.0. The topological polar surface area (TPSA) is 59.8 Å². The fraction of sp³-hybridized carbons (Fsp3) is 0.600. The highest BCUT2D eigenvalue weighted by molar-refractivity contribution is 5.78. The minimum atomic E-state index is 0.0517. The number of anilines is 1. The molecule has 1 aromatic heterocycles. The molecule has 4 heterocycles. The van der Waals surface area contributed by atoms with Crippen LogP contribution in [-0.2, 0) is 9.53 Å². The Balaban J connectivity index is 1.24. The van der Waals surface area contributed by atoms with Gasteiger partial charge in [-0.05, 0) is 62.1 Å². The van der Waals surface area contributed by atoms with Crippen LogP contribution in [-0.4, -0.2) is 60.5 Å². The van der Waals surface area contributed by atoms with E-state index in [-0.39, 0.29) is 6.23 Å². The lowest BCUT2D eigenvalue weighted by Crippen LogP contribution is -2.39. The molecule has 1 amide bonds. The van der Waals surface area contributed by atoms with Gasteiger partial charge in [-0.3, -0.25) is 4.79 Å². The van der Waals surface area contributed by atoms with E-state index in [9.17, 15) is 4.79 Å². The van der Waals surface area contributed by atoms with E-state index in [0.29, 0.717) is 11.8 Å². The van der Waals surface area contributed by atoms with Crippen LogP contribution >= 0.6 is 0 Å². The first-order valence-corrected chi connectivity index (χ1v) is 12.1. The minimum Gasteiger partial charge on any atom is -0.495 e. The molecular weight excluding hydrogens is 404 g/mol. The fourth-order valence-corrected chi connectivity index (χ4v) is 5.26. The van der Waals surface area contributed by atoms with Gasteiger partial charge in [-0.15, -0.1) is 0 Å². The summed E-state index contributed by atoms with van der Waals surface area (Å²) < 4.78 is 13.6. The molecule has 0 bridgehead atoms. The maximum absolute atomic E-state index is 11.9. The number of piperidine rings is 1. The molecule has 5 rings (SSSR count). The second-order valence-corrected chi connectivity index (χ2v) is 9.29. The first kappa shape index (κ1) is 21.3. The number of rotatable bonds is 6. The Morgan fingerprint density at radius 3 is 2.69 bits per heavy atom. The molecule has 2 aromatic rings. The number of methoxy groups -OCH3 is 1. The fourth-order valence-electron chi connectivity index (χ4n) is 5.26. The summed E-state index contributed by atoms with van der Waals surface area (Å²) in [5.74, 6) is 1.84. The van der Waals surface area contributed by atoms with Gasteiger partial charge in [0.2, 0.25) is 5.91 Å². The number of carbonyl (C=O) groups excluding carboxylic acids is 1.